The standard InChI is InChI=1S/C15H12ClFN2/c1-10-2-3-12(7-14(10)17)9-19-15-5-4-11(8-18)6-13(15)16/h2-7,19H,9H2,1H3. The minimum Gasteiger partial charge on any atom is -0.380 e. The minimum absolute atomic E-state index is 0.217. The van der Waals surface area contributed by atoms with E-state index in [1.165, 1.54) is 6.07 Å². The van der Waals surface area contributed by atoms with E-state index in [2.05, 4.69) is 5.32 Å². The van der Waals surface area contributed by atoms with Crippen molar-refractivity contribution in [2.24, 2.45) is 0 Å². The van der Waals surface area contributed by atoms with Gasteiger partial charge in [0.05, 0.1) is 22.3 Å². The fourth-order valence-electron chi connectivity index (χ4n) is 1.67. The van der Waals surface area contributed by atoms with Crippen LogP contribution in [0.5, 0.6) is 0 Å². The van der Waals surface area contributed by atoms with Crippen molar-refractivity contribution >= 4 is 17.3 Å². The van der Waals surface area contributed by atoms with Gasteiger partial charge in [-0.05, 0) is 42.3 Å². The zero-order valence-corrected chi connectivity index (χ0v) is 11.1. The summed E-state index contributed by atoms with van der Waals surface area (Å²) < 4.78 is 13.4. The summed E-state index contributed by atoms with van der Waals surface area (Å²) in [6.45, 7) is 2.20. The van der Waals surface area contributed by atoms with Crippen LogP contribution in [0.2, 0.25) is 5.02 Å². The van der Waals surface area contributed by atoms with Crippen LogP contribution >= 0.6 is 11.6 Å². The van der Waals surface area contributed by atoms with Gasteiger partial charge in [0.2, 0.25) is 0 Å². The summed E-state index contributed by atoms with van der Waals surface area (Å²) in [4.78, 5) is 0. The van der Waals surface area contributed by atoms with Gasteiger partial charge in [-0.3, -0.25) is 0 Å². The second-order valence-electron chi connectivity index (χ2n) is 4.24. The molecule has 0 aromatic heterocycles. The van der Waals surface area contributed by atoms with E-state index >= 15 is 0 Å². The molecule has 1 N–H and O–H groups in total. The minimum atomic E-state index is -0.217. The highest BCUT2D eigenvalue weighted by Crippen LogP contribution is 2.23. The van der Waals surface area contributed by atoms with Crippen LogP contribution in [0.4, 0.5) is 10.1 Å². The van der Waals surface area contributed by atoms with E-state index in [1.54, 1.807) is 31.2 Å². The molecule has 0 atom stereocenters. The molecule has 4 heteroatoms. The van der Waals surface area contributed by atoms with Gasteiger partial charge in [0.1, 0.15) is 5.82 Å². The second kappa shape index (κ2) is 5.73. The lowest BCUT2D eigenvalue weighted by Gasteiger charge is -2.09. The maximum atomic E-state index is 13.4. The van der Waals surface area contributed by atoms with Crippen molar-refractivity contribution in [2.45, 2.75) is 13.5 Å². The normalized spacial score (nSPS) is 10.0. The van der Waals surface area contributed by atoms with Gasteiger partial charge < -0.3 is 5.32 Å². The molecule has 0 bridgehead atoms. The van der Waals surface area contributed by atoms with Crippen LogP contribution in [0.1, 0.15) is 16.7 Å². The van der Waals surface area contributed by atoms with Crippen LogP contribution in [-0.4, -0.2) is 0 Å². The number of anilines is 1. The van der Waals surface area contributed by atoms with Gasteiger partial charge in [0.25, 0.3) is 0 Å². The monoisotopic (exact) mass is 274 g/mol. The van der Waals surface area contributed by atoms with E-state index in [1.807, 2.05) is 12.1 Å². The highest BCUT2D eigenvalue weighted by Gasteiger charge is 2.03. The lowest BCUT2D eigenvalue weighted by atomic mass is 10.1. The van der Waals surface area contributed by atoms with Crippen molar-refractivity contribution in [2.75, 3.05) is 5.32 Å². The van der Waals surface area contributed by atoms with Gasteiger partial charge >= 0.3 is 0 Å². The largest absolute Gasteiger partial charge is 0.380 e. The number of hydrogen-bond donors (Lipinski definition) is 1. The Bertz CT molecular complexity index is 647. The number of halogens is 2. The first kappa shape index (κ1) is 13.4. The lowest BCUT2D eigenvalue weighted by Crippen LogP contribution is -2.01. The van der Waals surface area contributed by atoms with Gasteiger partial charge in [0, 0.05) is 6.54 Å². The molecule has 0 saturated heterocycles. The summed E-state index contributed by atoms with van der Waals surface area (Å²) in [7, 11) is 0. The molecular weight excluding hydrogens is 263 g/mol. The molecule has 0 spiro atoms. The first-order valence-electron chi connectivity index (χ1n) is 5.78. The van der Waals surface area contributed by atoms with Crippen LogP contribution in [0.3, 0.4) is 0 Å². The third-order valence-corrected chi connectivity index (χ3v) is 3.13. The maximum Gasteiger partial charge on any atom is 0.126 e. The van der Waals surface area contributed by atoms with Crippen molar-refractivity contribution in [1.29, 1.82) is 5.26 Å². The molecule has 0 heterocycles. The number of hydrogen-bond acceptors (Lipinski definition) is 2. The predicted molar refractivity (Wildman–Crippen MR) is 74.6 cm³/mol. The molecule has 0 aliphatic heterocycles. The Morgan fingerprint density at radius 3 is 2.68 bits per heavy atom. The van der Waals surface area contributed by atoms with Gasteiger partial charge in [-0.1, -0.05) is 23.7 Å². The lowest BCUT2D eigenvalue weighted by molar-refractivity contribution is 0.616. The van der Waals surface area contributed by atoms with Gasteiger partial charge in [-0.15, -0.1) is 0 Å². The first-order chi connectivity index (χ1) is 9.10. The molecule has 2 nitrogen and oxygen atoms in total. The van der Waals surface area contributed by atoms with Crippen molar-refractivity contribution in [3.05, 3.63) is 63.9 Å². The van der Waals surface area contributed by atoms with Crippen LogP contribution in [-0.2, 0) is 6.54 Å². The highest BCUT2D eigenvalue weighted by atomic mass is 35.5. The van der Waals surface area contributed by atoms with Crippen LogP contribution in [0, 0.1) is 24.1 Å². The zero-order chi connectivity index (χ0) is 13.8. The highest BCUT2D eigenvalue weighted by molar-refractivity contribution is 6.33. The van der Waals surface area contributed by atoms with E-state index in [0.717, 1.165) is 11.3 Å². The summed E-state index contributed by atoms with van der Waals surface area (Å²) in [5, 5.41) is 12.3. The molecular formula is C15H12ClFN2. The molecule has 0 amide bonds. The number of aryl methyl sites for hydroxylation is 1. The molecule has 2 aromatic carbocycles. The van der Waals surface area contributed by atoms with Gasteiger partial charge in [-0.25, -0.2) is 4.39 Å². The first-order valence-corrected chi connectivity index (χ1v) is 6.16. The Balaban J connectivity index is 2.10. The van der Waals surface area contributed by atoms with E-state index in [-0.39, 0.29) is 5.82 Å². The number of nitrogens with one attached hydrogen (secondary N) is 1. The average molecular weight is 275 g/mol. The van der Waals surface area contributed by atoms with Gasteiger partial charge in [-0.2, -0.15) is 5.26 Å². The molecule has 0 aliphatic rings. The quantitative estimate of drug-likeness (QED) is 0.907. The summed E-state index contributed by atoms with van der Waals surface area (Å²) >= 11 is 6.04. The molecule has 0 unspecified atom stereocenters. The molecule has 0 saturated carbocycles. The Kier molecular flexibility index (Phi) is 4.03. The summed E-state index contributed by atoms with van der Waals surface area (Å²) in [5.41, 5.74) is 2.70. The number of benzene rings is 2. The topological polar surface area (TPSA) is 35.8 Å². The Hall–Kier alpha value is -2.05. The van der Waals surface area contributed by atoms with E-state index in [4.69, 9.17) is 16.9 Å². The Morgan fingerprint density at radius 1 is 1.26 bits per heavy atom. The fraction of sp³-hybridized carbons (Fsp3) is 0.133. The van der Waals surface area contributed by atoms with E-state index < -0.39 is 0 Å². The number of nitrogens with zero attached hydrogens (tertiary/aromatic N) is 1. The van der Waals surface area contributed by atoms with Crippen LogP contribution in [0.25, 0.3) is 0 Å². The van der Waals surface area contributed by atoms with Gasteiger partial charge in [0.15, 0.2) is 0 Å². The average Bonchev–Trinajstić information content (AvgIpc) is 2.41. The smallest absolute Gasteiger partial charge is 0.126 e. The Labute approximate surface area is 116 Å². The molecule has 0 fully saturated rings. The third-order valence-electron chi connectivity index (χ3n) is 2.82. The molecule has 96 valence electrons. The molecule has 0 radical (unpaired) electrons. The maximum absolute atomic E-state index is 13.4. The summed E-state index contributed by atoms with van der Waals surface area (Å²) in [6.07, 6.45) is 0. The fourth-order valence-corrected chi connectivity index (χ4v) is 1.92. The third kappa shape index (κ3) is 3.24. The number of nitriles is 1. The predicted octanol–water partition coefficient (Wildman–Crippen LogP) is 4.27. The summed E-state index contributed by atoms with van der Waals surface area (Å²) in [5.74, 6) is -0.217. The van der Waals surface area contributed by atoms with E-state index in [0.29, 0.717) is 22.7 Å². The molecule has 19 heavy (non-hydrogen) atoms. The van der Waals surface area contributed by atoms with Crippen LogP contribution in [0.15, 0.2) is 36.4 Å². The SMILES string of the molecule is Cc1ccc(CNc2ccc(C#N)cc2Cl)cc1F. The summed E-state index contributed by atoms with van der Waals surface area (Å²) in [6, 6.07) is 12.2. The number of rotatable bonds is 3. The van der Waals surface area contributed by atoms with Crippen molar-refractivity contribution in [3.63, 3.8) is 0 Å². The molecule has 0 aliphatic carbocycles. The van der Waals surface area contributed by atoms with Crippen molar-refractivity contribution in [3.8, 4) is 6.07 Å². The molecule has 2 aromatic rings. The van der Waals surface area contributed by atoms with E-state index in [9.17, 15) is 4.39 Å². The van der Waals surface area contributed by atoms with Crippen molar-refractivity contribution in [1.82, 2.24) is 0 Å². The van der Waals surface area contributed by atoms with Crippen molar-refractivity contribution < 1.29 is 4.39 Å². The Morgan fingerprint density at radius 2 is 2.05 bits per heavy atom. The second-order valence-corrected chi connectivity index (χ2v) is 4.65. The van der Waals surface area contributed by atoms with Crippen LogP contribution < -0.4 is 5.32 Å². The molecule has 2 rings (SSSR count). The zero-order valence-electron chi connectivity index (χ0n) is 10.4.